The smallest absolute Gasteiger partial charge is 0.0889 e. The van der Waals surface area contributed by atoms with Crippen molar-refractivity contribution < 1.29 is 0 Å². The average Bonchev–Trinajstić information content (AvgIpc) is 1.84. The van der Waals surface area contributed by atoms with Gasteiger partial charge in [0, 0.05) is 19.3 Å². The van der Waals surface area contributed by atoms with Gasteiger partial charge in [-0.15, -0.1) is 0 Å². The highest BCUT2D eigenvalue weighted by Gasteiger charge is 2.07. The van der Waals surface area contributed by atoms with Crippen LogP contribution >= 0.6 is 0 Å². The zero-order chi connectivity index (χ0) is 9.78. The van der Waals surface area contributed by atoms with Crippen molar-refractivity contribution in [3.63, 3.8) is 0 Å². The van der Waals surface area contributed by atoms with E-state index < -0.39 is 0 Å². The normalized spacial score (nSPS) is 12.1. The molecule has 0 aliphatic rings. The first-order valence-electron chi connectivity index (χ1n) is 4.21. The van der Waals surface area contributed by atoms with E-state index in [9.17, 15) is 0 Å². The first-order chi connectivity index (χ1) is 5.33. The van der Waals surface area contributed by atoms with Gasteiger partial charge < -0.3 is 4.90 Å². The van der Waals surface area contributed by atoms with Crippen LogP contribution < -0.4 is 0 Å². The van der Waals surface area contributed by atoms with Gasteiger partial charge in [-0.1, -0.05) is 27.4 Å². The van der Waals surface area contributed by atoms with E-state index in [0.29, 0.717) is 0 Å². The van der Waals surface area contributed by atoms with E-state index in [1.165, 1.54) is 0 Å². The predicted molar refractivity (Wildman–Crippen MR) is 55.4 cm³/mol. The third kappa shape index (κ3) is 5.96. The van der Waals surface area contributed by atoms with E-state index in [4.69, 9.17) is 0 Å². The molecule has 0 aliphatic carbocycles. The molecule has 0 N–H and O–H groups in total. The molecule has 0 fully saturated rings. The molecule has 0 heterocycles. The molecular formula is C10H20N2. The van der Waals surface area contributed by atoms with Crippen LogP contribution in [0.1, 0.15) is 27.7 Å². The first-order valence-corrected chi connectivity index (χ1v) is 4.21. The summed E-state index contributed by atoms with van der Waals surface area (Å²) < 4.78 is 0. The van der Waals surface area contributed by atoms with E-state index >= 15 is 0 Å². The lowest BCUT2D eigenvalue weighted by atomic mass is 9.98. The molecule has 0 aromatic rings. The largest absolute Gasteiger partial charge is 0.340 e. The topological polar surface area (TPSA) is 15.6 Å². The van der Waals surface area contributed by atoms with Gasteiger partial charge in [-0.3, -0.25) is 4.99 Å². The summed E-state index contributed by atoms with van der Waals surface area (Å²) in [6.07, 6.45) is 1.83. The maximum atomic E-state index is 4.30. The second-order valence-corrected chi connectivity index (χ2v) is 4.36. The van der Waals surface area contributed by atoms with Crippen LogP contribution in [0.25, 0.3) is 0 Å². The number of rotatable bonds is 3. The van der Waals surface area contributed by atoms with E-state index in [2.05, 4.69) is 32.3 Å². The van der Waals surface area contributed by atoms with Crippen molar-refractivity contribution >= 4 is 6.34 Å². The lowest BCUT2D eigenvalue weighted by Crippen LogP contribution is -2.15. The fraction of sp³-hybridized carbons (Fsp3) is 0.700. The van der Waals surface area contributed by atoms with E-state index in [-0.39, 0.29) is 5.41 Å². The maximum Gasteiger partial charge on any atom is 0.0889 e. The van der Waals surface area contributed by atoms with Crippen molar-refractivity contribution in [1.82, 2.24) is 4.90 Å². The van der Waals surface area contributed by atoms with E-state index in [1.54, 1.807) is 0 Å². The van der Waals surface area contributed by atoms with Crippen LogP contribution in [0, 0.1) is 5.41 Å². The van der Waals surface area contributed by atoms with Gasteiger partial charge >= 0.3 is 0 Å². The fourth-order valence-corrected chi connectivity index (χ4v) is 0.536. The third-order valence-corrected chi connectivity index (χ3v) is 1.42. The molecule has 0 amide bonds. The van der Waals surface area contributed by atoms with E-state index in [1.807, 2.05) is 25.2 Å². The Morgan fingerprint density at radius 1 is 1.50 bits per heavy atom. The number of hydrogen-bond acceptors (Lipinski definition) is 1. The van der Waals surface area contributed by atoms with Crippen molar-refractivity contribution in [3.8, 4) is 0 Å². The summed E-state index contributed by atoms with van der Waals surface area (Å²) in [7, 11) is 1.95. The van der Waals surface area contributed by atoms with E-state index in [0.717, 1.165) is 12.2 Å². The van der Waals surface area contributed by atoms with Gasteiger partial charge in [0.15, 0.2) is 0 Å². The molecule has 0 saturated heterocycles. The molecule has 2 heteroatoms. The number of allylic oxidation sites excluding steroid dienone is 1. The molecule has 0 bridgehead atoms. The van der Waals surface area contributed by atoms with Crippen molar-refractivity contribution in [2.45, 2.75) is 27.7 Å². The standard InChI is InChI=1S/C10H20N2/c1-9(2)12(6)8-11-7-10(3,4)5/h8H,1,7H2,2-6H3/b11-8+. The minimum Gasteiger partial charge on any atom is -0.340 e. The summed E-state index contributed by atoms with van der Waals surface area (Å²) in [5.41, 5.74) is 1.28. The quantitative estimate of drug-likeness (QED) is 0.467. The number of nitrogens with zero attached hydrogens (tertiary/aromatic N) is 2. The van der Waals surface area contributed by atoms with Crippen LogP contribution in [0.3, 0.4) is 0 Å². The Morgan fingerprint density at radius 3 is 2.33 bits per heavy atom. The van der Waals surface area contributed by atoms with Crippen LogP contribution in [0.5, 0.6) is 0 Å². The summed E-state index contributed by atoms with van der Waals surface area (Å²) in [5.74, 6) is 0. The first kappa shape index (κ1) is 11.2. The van der Waals surface area contributed by atoms with Crippen molar-refractivity contribution in [2.75, 3.05) is 13.6 Å². The zero-order valence-electron chi connectivity index (χ0n) is 8.89. The highest BCUT2D eigenvalue weighted by molar-refractivity contribution is 5.57. The lowest BCUT2D eigenvalue weighted by molar-refractivity contribution is 0.428. The van der Waals surface area contributed by atoms with Gasteiger partial charge in [0.25, 0.3) is 0 Å². The Hall–Kier alpha value is -0.790. The Kier molecular flexibility index (Phi) is 4.01. The average molecular weight is 168 g/mol. The molecule has 0 radical (unpaired) electrons. The zero-order valence-corrected chi connectivity index (χ0v) is 8.89. The molecule has 0 rings (SSSR count). The second kappa shape index (κ2) is 4.29. The van der Waals surface area contributed by atoms with Gasteiger partial charge in [0.1, 0.15) is 0 Å². The molecule has 70 valence electrons. The molecule has 0 aromatic heterocycles. The minimum absolute atomic E-state index is 0.270. The summed E-state index contributed by atoms with van der Waals surface area (Å²) in [4.78, 5) is 6.23. The molecule has 0 saturated carbocycles. The summed E-state index contributed by atoms with van der Waals surface area (Å²) >= 11 is 0. The Balaban J connectivity index is 3.85. The fourth-order valence-electron chi connectivity index (χ4n) is 0.536. The Labute approximate surface area is 76.0 Å². The van der Waals surface area contributed by atoms with Crippen molar-refractivity contribution in [2.24, 2.45) is 10.4 Å². The number of hydrogen-bond donors (Lipinski definition) is 0. The molecule has 0 atom stereocenters. The second-order valence-electron chi connectivity index (χ2n) is 4.36. The SMILES string of the molecule is C=C(C)N(C)/C=N/CC(C)(C)C. The maximum absolute atomic E-state index is 4.30. The molecule has 0 aromatic carbocycles. The van der Waals surface area contributed by atoms with Crippen LogP contribution in [-0.4, -0.2) is 24.8 Å². The molecular weight excluding hydrogens is 148 g/mol. The molecule has 2 nitrogen and oxygen atoms in total. The summed E-state index contributed by atoms with van der Waals surface area (Å²) in [6, 6.07) is 0. The third-order valence-electron chi connectivity index (χ3n) is 1.42. The predicted octanol–water partition coefficient (Wildman–Crippen LogP) is 2.53. The lowest BCUT2D eigenvalue weighted by Gasteiger charge is -2.16. The number of aliphatic imine (C=N–C) groups is 1. The Morgan fingerprint density at radius 2 is 2.00 bits per heavy atom. The van der Waals surface area contributed by atoms with Gasteiger partial charge in [0.05, 0.1) is 6.34 Å². The highest BCUT2D eigenvalue weighted by Crippen LogP contribution is 2.12. The summed E-state index contributed by atoms with van der Waals surface area (Å²) in [5, 5.41) is 0. The molecule has 0 unspecified atom stereocenters. The Bertz CT molecular complexity index is 175. The van der Waals surface area contributed by atoms with Gasteiger partial charge in [0.2, 0.25) is 0 Å². The molecule has 12 heavy (non-hydrogen) atoms. The van der Waals surface area contributed by atoms with Crippen LogP contribution in [-0.2, 0) is 0 Å². The van der Waals surface area contributed by atoms with Crippen LogP contribution in [0.15, 0.2) is 17.3 Å². The molecule has 0 aliphatic heterocycles. The van der Waals surface area contributed by atoms with Gasteiger partial charge in [-0.05, 0) is 12.3 Å². The minimum atomic E-state index is 0.270. The van der Waals surface area contributed by atoms with Gasteiger partial charge in [-0.2, -0.15) is 0 Å². The van der Waals surface area contributed by atoms with Crippen molar-refractivity contribution in [3.05, 3.63) is 12.3 Å². The van der Waals surface area contributed by atoms with Crippen LogP contribution in [0.4, 0.5) is 0 Å². The van der Waals surface area contributed by atoms with Crippen LogP contribution in [0.2, 0.25) is 0 Å². The highest BCUT2D eigenvalue weighted by atomic mass is 15.1. The van der Waals surface area contributed by atoms with Crippen molar-refractivity contribution in [1.29, 1.82) is 0 Å². The summed E-state index contributed by atoms with van der Waals surface area (Å²) in [6.45, 7) is 13.1. The van der Waals surface area contributed by atoms with Gasteiger partial charge in [-0.25, -0.2) is 0 Å². The molecule has 0 spiro atoms. The monoisotopic (exact) mass is 168 g/mol.